The van der Waals surface area contributed by atoms with Crippen LogP contribution in [-0.2, 0) is 39.6 Å². The predicted octanol–water partition coefficient (Wildman–Crippen LogP) is -0.970. The maximum atomic E-state index is 9.63. The van der Waals surface area contributed by atoms with Gasteiger partial charge in [0.1, 0.15) is 0 Å². The minimum Gasteiger partial charge on any atom is -1.00 e. The Labute approximate surface area is 100 Å². The zero-order valence-corrected chi connectivity index (χ0v) is 10.8. The van der Waals surface area contributed by atoms with Gasteiger partial charge in [0.25, 0.3) is 0 Å². The monoisotopic (exact) mass is 294 g/mol. The third-order valence-electron chi connectivity index (χ3n) is 0.213. The Bertz CT molecular complexity index is 165. The number of hydrogen-bond acceptors (Lipinski definition) is 3. The van der Waals surface area contributed by atoms with Gasteiger partial charge in [0, 0.05) is 26.2 Å². The van der Waals surface area contributed by atoms with Gasteiger partial charge in [-0.1, -0.05) is 0 Å². The second kappa shape index (κ2) is 6.38. The van der Waals surface area contributed by atoms with Gasteiger partial charge in [-0.05, 0) is 0 Å². The first kappa shape index (κ1) is 18.6. The molecule has 0 bridgehead atoms. The van der Waals surface area contributed by atoms with E-state index in [9.17, 15) is 9.13 Å². The molecular weight excluding hydrogens is 289 g/mol. The zero-order chi connectivity index (χ0) is 7.71. The summed E-state index contributed by atoms with van der Waals surface area (Å²) in [7, 11) is -10.1. The molecule has 0 fully saturated rings. The van der Waals surface area contributed by atoms with E-state index in [-0.39, 0.29) is 52.1 Å². The van der Waals surface area contributed by atoms with Crippen molar-refractivity contribution >= 4 is 38.7 Å². The van der Waals surface area contributed by atoms with Gasteiger partial charge in [-0.2, -0.15) is 4.31 Å². The Morgan fingerprint density at radius 1 is 1.00 bits per heavy atom. The summed E-state index contributed by atoms with van der Waals surface area (Å²) in [6.45, 7) is 0. The molecule has 0 aliphatic carbocycles. The molecule has 7 nitrogen and oxygen atoms in total. The Hall–Kier alpha value is 1.91. The fraction of sp³-hybridized carbons (Fsp3) is 0. The largest absolute Gasteiger partial charge is 2.00 e. The van der Waals surface area contributed by atoms with E-state index >= 15 is 0 Å². The van der Waals surface area contributed by atoms with Gasteiger partial charge < -0.3 is 22.4 Å². The van der Waals surface area contributed by atoms with Crippen molar-refractivity contribution in [2.24, 2.45) is 0 Å². The van der Waals surface area contributed by atoms with Crippen LogP contribution in [0.5, 0.6) is 0 Å². The van der Waals surface area contributed by atoms with Crippen LogP contribution in [0.3, 0.4) is 0 Å². The summed E-state index contributed by atoms with van der Waals surface area (Å²) >= 11 is 0. The van der Waals surface area contributed by atoms with Crippen LogP contribution in [0.25, 0.3) is 0 Å². The molecule has 0 saturated heterocycles. The molecule has 0 amide bonds. The molecule has 4 N–H and O–H groups in total. The number of rotatable bonds is 2. The fourth-order valence-corrected chi connectivity index (χ4v) is 1.25. The molecule has 0 aromatic rings. The molecule has 0 aliphatic rings. The number of phosphoric acid groups is 2. The molecule has 0 aliphatic heterocycles. The molecule has 11 heteroatoms. The van der Waals surface area contributed by atoms with Gasteiger partial charge in [0.05, 0.1) is 0 Å². The van der Waals surface area contributed by atoms with Gasteiger partial charge in [-0.15, -0.1) is 0 Å². The quantitative estimate of drug-likeness (QED) is 0.381. The molecular formula is H6MgO7P2Zr. The van der Waals surface area contributed by atoms with Crippen LogP contribution in [0.4, 0.5) is 0 Å². The summed E-state index contributed by atoms with van der Waals surface area (Å²) in [6, 6.07) is 0. The average Bonchev–Trinajstić information content (AvgIpc) is 1.14. The first-order valence-electron chi connectivity index (χ1n) is 1.53. The van der Waals surface area contributed by atoms with Gasteiger partial charge in [-0.3, -0.25) is 0 Å². The van der Waals surface area contributed by atoms with E-state index < -0.39 is 15.6 Å². The van der Waals surface area contributed by atoms with E-state index in [0.717, 1.165) is 0 Å². The Morgan fingerprint density at radius 3 is 1.18 bits per heavy atom. The van der Waals surface area contributed by atoms with Crippen molar-refractivity contribution in [3.63, 3.8) is 0 Å². The van der Waals surface area contributed by atoms with Crippen molar-refractivity contribution in [2.75, 3.05) is 0 Å². The molecule has 0 rings (SSSR count). The second-order valence-corrected chi connectivity index (χ2v) is 3.68. The molecule has 64 valence electrons. The van der Waals surface area contributed by atoms with Crippen LogP contribution < -0.4 is 0 Å². The van der Waals surface area contributed by atoms with E-state index in [1.54, 1.807) is 0 Å². The van der Waals surface area contributed by atoms with Crippen molar-refractivity contribution < 1.29 is 62.1 Å². The summed E-state index contributed by atoms with van der Waals surface area (Å²) in [5.74, 6) is 0. The van der Waals surface area contributed by atoms with Crippen molar-refractivity contribution in [3.8, 4) is 0 Å². The summed E-state index contributed by atoms with van der Waals surface area (Å²) in [5, 5.41) is 0. The Kier molecular flexibility index (Phi) is 10.8. The van der Waals surface area contributed by atoms with E-state index in [2.05, 4.69) is 4.31 Å². The maximum absolute atomic E-state index is 9.63. The van der Waals surface area contributed by atoms with Gasteiger partial charge >= 0.3 is 38.7 Å². The van der Waals surface area contributed by atoms with Crippen LogP contribution in [-0.4, -0.2) is 42.6 Å². The van der Waals surface area contributed by atoms with Crippen molar-refractivity contribution in [2.45, 2.75) is 0 Å². The molecule has 0 heterocycles. The SMILES string of the molecule is O=P(O)(O)OP(=O)(O)O.[H-].[H-].[Mg+2].[Zr]. The van der Waals surface area contributed by atoms with Gasteiger partial charge in [0.15, 0.2) is 0 Å². The van der Waals surface area contributed by atoms with Gasteiger partial charge in [0.2, 0.25) is 0 Å². The Balaban J connectivity index is -0.0000000533. The summed E-state index contributed by atoms with van der Waals surface area (Å²) in [5.41, 5.74) is 0. The van der Waals surface area contributed by atoms with Crippen LogP contribution in [0.15, 0.2) is 0 Å². The minimum absolute atomic E-state index is 0. The maximum Gasteiger partial charge on any atom is 2.00 e. The van der Waals surface area contributed by atoms with Crippen LogP contribution >= 0.6 is 15.6 Å². The summed E-state index contributed by atoms with van der Waals surface area (Å²) < 4.78 is 22.2. The second-order valence-electron chi connectivity index (χ2n) is 1.06. The average molecular weight is 296 g/mol. The summed E-state index contributed by atoms with van der Waals surface area (Å²) in [6.07, 6.45) is 0. The van der Waals surface area contributed by atoms with Gasteiger partial charge in [-0.25, -0.2) is 9.13 Å². The fourth-order valence-electron chi connectivity index (χ4n) is 0.139. The normalized spacial score (nSPS) is 11.3. The van der Waals surface area contributed by atoms with Crippen molar-refractivity contribution in [1.82, 2.24) is 0 Å². The van der Waals surface area contributed by atoms with Crippen LogP contribution in [0, 0.1) is 0 Å². The molecule has 0 saturated carbocycles. The first-order chi connectivity index (χ1) is 3.71. The van der Waals surface area contributed by atoms with Crippen LogP contribution in [0.1, 0.15) is 2.85 Å². The van der Waals surface area contributed by atoms with Crippen molar-refractivity contribution in [3.05, 3.63) is 0 Å². The first-order valence-corrected chi connectivity index (χ1v) is 4.59. The predicted molar refractivity (Wildman–Crippen MR) is 33.2 cm³/mol. The standard InChI is InChI=1S/Mg.H4O7P2.Zr.2H/c;1-8(2,3)7-9(4,5)6;;;/h;(H2,1,2,3)(H2,4,5,6);;;/q+2;;;2*-1. The van der Waals surface area contributed by atoms with Crippen LogP contribution in [0.2, 0.25) is 0 Å². The molecule has 0 unspecified atom stereocenters. The molecule has 11 heavy (non-hydrogen) atoms. The van der Waals surface area contributed by atoms with Crippen molar-refractivity contribution in [1.29, 1.82) is 0 Å². The minimum atomic E-state index is -5.05. The van der Waals surface area contributed by atoms with E-state index in [1.165, 1.54) is 0 Å². The third-order valence-corrected chi connectivity index (χ3v) is 1.91. The third kappa shape index (κ3) is 18.7. The molecule has 0 atom stereocenters. The van der Waals surface area contributed by atoms with E-state index in [4.69, 9.17) is 19.6 Å². The molecule has 0 spiro atoms. The molecule has 0 aromatic heterocycles. The smallest absolute Gasteiger partial charge is 1.00 e. The number of hydrogen-bond donors (Lipinski definition) is 4. The topological polar surface area (TPSA) is 124 Å². The van der Waals surface area contributed by atoms with E-state index in [0.29, 0.717) is 0 Å². The Morgan fingerprint density at radius 2 is 1.18 bits per heavy atom. The molecule has 0 radical (unpaired) electrons. The zero-order valence-electron chi connectivity index (χ0n) is 7.12. The molecule has 0 aromatic carbocycles. The summed E-state index contributed by atoms with van der Waals surface area (Å²) in [4.78, 5) is 31.0. The van der Waals surface area contributed by atoms with E-state index in [1.807, 2.05) is 0 Å².